The summed E-state index contributed by atoms with van der Waals surface area (Å²) >= 11 is 1.54. The summed E-state index contributed by atoms with van der Waals surface area (Å²) in [6.07, 6.45) is 4.77. The summed E-state index contributed by atoms with van der Waals surface area (Å²) in [5.74, 6) is 1.91. The molecule has 0 radical (unpaired) electrons. The predicted octanol–water partition coefficient (Wildman–Crippen LogP) is 3.99. The van der Waals surface area contributed by atoms with Crippen molar-refractivity contribution >= 4 is 23.6 Å². The minimum absolute atomic E-state index is 0.123. The maximum atomic E-state index is 12.9. The standard InChI is InChI=1S/C22H31N5OS/c1-16-11-13-26(14-12-16)21-23-24-22(27(21)19-9-10-19)29-17(2)20(28)25(3)15-18-7-5-4-6-8-18/h4-8,16-17,19H,9-15H2,1-3H3. The lowest BCUT2D eigenvalue weighted by Gasteiger charge is -2.31. The van der Waals surface area contributed by atoms with E-state index in [1.54, 1.807) is 16.7 Å². The van der Waals surface area contributed by atoms with E-state index in [-0.39, 0.29) is 11.2 Å². The van der Waals surface area contributed by atoms with Crippen LogP contribution >= 0.6 is 11.8 Å². The van der Waals surface area contributed by atoms with Gasteiger partial charge in [-0.1, -0.05) is 49.0 Å². The molecule has 1 atom stereocenters. The van der Waals surface area contributed by atoms with Gasteiger partial charge in [-0.2, -0.15) is 0 Å². The molecular weight excluding hydrogens is 382 g/mol. The van der Waals surface area contributed by atoms with Gasteiger partial charge in [0.1, 0.15) is 0 Å². The van der Waals surface area contributed by atoms with E-state index in [1.807, 2.05) is 32.2 Å². The second kappa shape index (κ2) is 8.78. The number of rotatable bonds is 7. The second-order valence-electron chi connectivity index (χ2n) is 8.49. The van der Waals surface area contributed by atoms with Crippen molar-refractivity contribution in [1.29, 1.82) is 0 Å². The first-order valence-electron chi connectivity index (χ1n) is 10.7. The molecule has 7 heteroatoms. The number of anilines is 1. The average Bonchev–Trinajstić information content (AvgIpc) is 3.49. The van der Waals surface area contributed by atoms with Crippen molar-refractivity contribution in [1.82, 2.24) is 19.7 Å². The molecule has 0 spiro atoms. The highest BCUT2D eigenvalue weighted by atomic mass is 32.2. The Morgan fingerprint density at radius 1 is 1.17 bits per heavy atom. The zero-order chi connectivity index (χ0) is 20.4. The second-order valence-corrected chi connectivity index (χ2v) is 9.80. The number of amides is 1. The number of aromatic nitrogens is 3. The molecule has 1 aliphatic heterocycles. The topological polar surface area (TPSA) is 54.3 Å². The molecule has 1 saturated heterocycles. The largest absolute Gasteiger partial charge is 0.341 e. The van der Waals surface area contributed by atoms with Crippen LogP contribution in [0.3, 0.4) is 0 Å². The third-order valence-electron chi connectivity index (χ3n) is 5.89. The van der Waals surface area contributed by atoms with Crippen LogP contribution in [-0.2, 0) is 11.3 Å². The molecule has 1 aromatic carbocycles. The van der Waals surface area contributed by atoms with E-state index in [9.17, 15) is 4.79 Å². The molecule has 4 rings (SSSR count). The molecule has 2 aliphatic rings. The lowest BCUT2D eigenvalue weighted by Crippen LogP contribution is -2.35. The van der Waals surface area contributed by atoms with Gasteiger partial charge in [-0.05, 0) is 44.1 Å². The number of nitrogens with zero attached hydrogens (tertiary/aromatic N) is 5. The summed E-state index contributed by atoms with van der Waals surface area (Å²) in [5.41, 5.74) is 1.14. The Bertz CT molecular complexity index is 827. The van der Waals surface area contributed by atoms with Gasteiger partial charge in [-0.3, -0.25) is 9.36 Å². The minimum atomic E-state index is -0.195. The van der Waals surface area contributed by atoms with Crippen LogP contribution in [0.2, 0.25) is 0 Å². The van der Waals surface area contributed by atoms with Crippen LogP contribution in [0.15, 0.2) is 35.5 Å². The van der Waals surface area contributed by atoms with Crippen LogP contribution < -0.4 is 4.90 Å². The van der Waals surface area contributed by atoms with E-state index >= 15 is 0 Å². The Morgan fingerprint density at radius 3 is 2.52 bits per heavy atom. The minimum Gasteiger partial charge on any atom is -0.341 e. The van der Waals surface area contributed by atoms with Crippen LogP contribution in [0, 0.1) is 5.92 Å². The van der Waals surface area contributed by atoms with Crippen molar-refractivity contribution in [3.63, 3.8) is 0 Å². The summed E-state index contributed by atoms with van der Waals surface area (Å²) in [6, 6.07) is 10.6. The van der Waals surface area contributed by atoms with Gasteiger partial charge < -0.3 is 9.80 Å². The van der Waals surface area contributed by atoms with Crippen LogP contribution in [0.5, 0.6) is 0 Å². The van der Waals surface area contributed by atoms with Crippen molar-refractivity contribution in [2.24, 2.45) is 5.92 Å². The number of carbonyl (C=O) groups excluding carboxylic acids is 1. The summed E-state index contributed by atoms with van der Waals surface area (Å²) in [6.45, 7) is 7.01. The van der Waals surface area contributed by atoms with Crippen molar-refractivity contribution in [2.45, 2.75) is 62.5 Å². The zero-order valence-electron chi connectivity index (χ0n) is 17.6. The Labute approximate surface area is 177 Å². The molecule has 1 aromatic heterocycles. The van der Waals surface area contributed by atoms with Crippen LogP contribution in [0.1, 0.15) is 51.1 Å². The summed E-state index contributed by atoms with van der Waals surface area (Å²) in [4.78, 5) is 17.1. The average molecular weight is 414 g/mol. The van der Waals surface area contributed by atoms with Crippen LogP contribution in [-0.4, -0.2) is 51.0 Å². The molecule has 1 amide bonds. The summed E-state index contributed by atoms with van der Waals surface area (Å²) < 4.78 is 2.29. The predicted molar refractivity (Wildman–Crippen MR) is 117 cm³/mol. The molecule has 1 aliphatic carbocycles. The van der Waals surface area contributed by atoms with Gasteiger partial charge in [-0.25, -0.2) is 0 Å². The number of piperidine rings is 1. The zero-order valence-corrected chi connectivity index (χ0v) is 18.4. The molecule has 1 saturated carbocycles. The lowest BCUT2D eigenvalue weighted by atomic mass is 10.00. The lowest BCUT2D eigenvalue weighted by molar-refractivity contribution is -0.129. The molecule has 29 heavy (non-hydrogen) atoms. The van der Waals surface area contributed by atoms with Gasteiger partial charge in [0.15, 0.2) is 5.16 Å². The van der Waals surface area contributed by atoms with E-state index < -0.39 is 0 Å². The van der Waals surface area contributed by atoms with Crippen LogP contribution in [0.4, 0.5) is 5.95 Å². The molecule has 2 fully saturated rings. The highest BCUT2D eigenvalue weighted by Gasteiger charge is 2.34. The molecule has 6 nitrogen and oxygen atoms in total. The maximum Gasteiger partial charge on any atom is 0.235 e. The Balaban J connectivity index is 1.44. The fourth-order valence-corrected chi connectivity index (χ4v) is 4.91. The van der Waals surface area contributed by atoms with Crippen LogP contribution in [0.25, 0.3) is 0 Å². The van der Waals surface area contributed by atoms with E-state index in [2.05, 4.69) is 38.7 Å². The Hall–Kier alpha value is -2.02. The van der Waals surface area contributed by atoms with Gasteiger partial charge >= 0.3 is 0 Å². The van der Waals surface area contributed by atoms with Crippen molar-refractivity contribution in [3.05, 3.63) is 35.9 Å². The molecule has 156 valence electrons. The number of benzene rings is 1. The van der Waals surface area contributed by atoms with E-state index in [0.717, 1.165) is 35.7 Å². The normalized spacial score (nSPS) is 18.7. The first-order valence-corrected chi connectivity index (χ1v) is 11.6. The quantitative estimate of drug-likeness (QED) is 0.643. The van der Waals surface area contributed by atoms with Gasteiger partial charge in [0.05, 0.1) is 5.25 Å². The SMILES string of the molecule is CC1CCN(c2nnc(SC(C)C(=O)N(C)Cc3ccccc3)n2C2CC2)CC1. The first kappa shape index (κ1) is 20.3. The number of hydrogen-bond acceptors (Lipinski definition) is 5. The molecule has 2 aromatic rings. The molecule has 1 unspecified atom stereocenters. The number of thioether (sulfide) groups is 1. The van der Waals surface area contributed by atoms with Gasteiger partial charge in [0.2, 0.25) is 11.9 Å². The molecule has 0 N–H and O–H groups in total. The van der Waals surface area contributed by atoms with Crippen molar-refractivity contribution in [3.8, 4) is 0 Å². The first-order chi connectivity index (χ1) is 14.0. The van der Waals surface area contributed by atoms with Crippen molar-refractivity contribution < 1.29 is 4.79 Å². The number of carbonyl (C=O) groups is 1. The van der Waals surface area contributed by atoms with E-state index in [1.165, 1.54) is 25.7 Å². The highest BCUT2D eigenvalue weighted by Crippen LogP contribution is 2.42. The third kappa shape index (κ3) is 4.77. The van der Waals surface area contributed by atoms with Gasteiger partial charge in [-0.15, -0.1) is 10.2 Å². The highest BCUT2D eigenvalue weighted by molar-refractivity contribution is 8.00. The number of hydrogen-bond donors (Lipinski definition) is 0. The van der Waals surface area contributed by atoms with Gasteiger partial charge in [0.25, 0.3) is 0 Å². The maximum absolute atomic E-state index is 12.9. The summed E-state index contributed by atoms with van der Waals surface area (Å²) in [5, 5.41) is 9.73. The molecule has 0 bridgehead atoms. The fraction of sp³-hybridized carbons (Fsp3) is 0.591. The third-order valence-corrected chi connectivity index (χ3v) is 6.94. The Morgan fingerprint density at radius 2 is 1.86 bits per heavy atom. The van der Waals surface area contributed by atoms with E-state index in [4.69, 9.17) is 0 Å². The summed E-state index contributed by atoms with van der Waals surface area (Å²) in [7, 11) is 1.87. The molecule has 2 heterocycles. The van der Waals surface area contributed by atoms with Gasteiger partial charge in [0, 0.05) is 32.7 Å². The smallest absolute Gasteiger partial charge is 0.235 e. The van der Waals surface area contributed by atoms with Crippen molar-refractivity contribution in [2.75, 3.05) is 25.0 Å². The fourth-order valence-electron chi connectivity index (χ4n) is 3.88. The Kier molecular flexibility index (Phi) is 6.13. The molecular formula is C22H31N5OS. The monoisotopic (exact) mass is 413 g/mol. The van der Waals surface area contributed by atoms with E-state index in [0.29, 0.717) is 12.6 Å².